The van der Waals surface area contributed by atoms with Gasteiger partial charge in [-0.05, 0) is 55.9 Å². The number of thiocarbonyl (C=S) groups is 1. The first kappa shape index (κ1) is 16.6. The average molecular weight is 381 g/mol. The predicted octanol–water partition coefficient (Wildman–Crippen LogP) is 4.33. The van der Waals surface area contributed by atoms with E-state index in [0.29, 0.717) is 10.0 Å². The van der Waals surface area contributed by atoms with Gasteiger partial charge in [0.05, 0.1) is 5.69 Å². The predicted molar refractivity (Wildman–Crippen MR) is 93.7 cm³/mol. The highest BCUT2D eigenvalue weighted by Gasteiger charge is 2.12. The molecule has 0 aliphatic carbocycles. The van der Waals surface area contributed by atoms with Crippen molar-refractivity contribution in [1.82, 2.24) is 5.32 Å². The number of anilines is 1. The zero-order valence-corrected chi connectivity index (χ0v) is 14.4. The molecular weight excluding hydrogens is 367 g/mol. The second-order valence-electron chi connectivity index (χ2n) is 4.85. The Hall–Kier alpha value is -1.79. The van der Waals surface area contributed by atoms with Crippen molar-refractivity contribution in [3.8, 4) is 0 Å². The SMILES string of the molecule is Cc1ccc(C(=O)NC(=S)Nc2ccc(Br)cc2F)c(C)c1. The molecule has 2 aromatic rings. The number of hydrogen-bond acceptors (Lipinski definition) is 2. The Labute approximate surface area is 142 Å². The van der Waals surface area contributed by atoms with Crippen LogP contribution in [0.1, 0.15) is 21.5 Å². The van der Waals surface area contributed by atoms with E-state index in [0.717, 1.165) is 11.1 Å². The fourth-order valence-electron chi connectivity index (χ4n) is 1.98. The van der Waals surface area contributed by atoms with E-state index in [-0.39, 0.29) is 16.7 Å². The summed E-state index contributed by atoms with van der Waals surface area (Å²) < 4.78 is 14.3. The van der Waals surface area contributed by atoms with E-state index in [9.17, 15) is 9.18 Å². The van der Waals surface area contributed by atoms with Crippen molar-refractivity contribution in [2.24, 2.45) is 0 Å². The van der Waals surface area contributed by atoms with Gasteiger partial charge in [-0.1, -0.05) is 33.6 Å². The number of hydrogen-bond donors (Lipinski definition) is 2. The summed E-state index contributed by atoms with van der Waals surface area (Å²) in [5.74, 6) is -0.787. The Balaban J connectivity index is 2.06. The van der Waals surface area contributed by atoms with Crippen LogP contribution in [0.2, 0.25) is 0 Å². The van der Waals surface area contributed by atoms with E-state index in [1.807, 2.05) is 26.0 Å². The minimum Gasteiger partial charge on any atom is -0.330 e. The number of benzene rings is 2. The van der Waals surface area contributed by atoms with Gasteiger partial charge < -0.3 is 5.32 Å². The van der Waals surface area contributed by atoms with Crippen LogP contribution in [0.25, 0.3) is 0 Å². The largest absolute Gasteiger partial charge is 0.330 e. The zero-order valence-electron chi connectivity index (χ0n) is 12.0. The molecular formula is C16H14BrFN2OS. The van der Waals surface area contributed by atoms with Crippen molar-refractivity contribution >= 4 is 44.9 Å². The third-order valence-corrected chi connectivity index (χ3v) is 3.73. The number of rotatable bonds is 2. The molecule has 3 nitrogen and oxygen atoms in total. The number of amides is 1. The number of carbonyl (C=O) groups excluding carboxylic acids is 1. The minimum atomic E-state index is -0.461. The van der Waals surface area contributed by atoms with Gasteiger partial charge in [0.2, 0.25) is 0 Å². The van der Waals surface area contributed by atoms with Crippen LogP contribution >= 0.6 is 28.1 Å². The van der Waals surface area contributed by atoms with Gasteiger partial charge in [0.15, 0.2) is 5.11 Å². The summed E-state index contributed by atoms with van der Waals surface area (Å²) in [6, 6.07) is 10.0. The molecule has 6 heteroatoms. The Morgan fingerprint density at radius 2 is 1.91 bits per heavy atom. The van der Waals surface area contributed by atoms with E-state index < -0.39 is 5.82 Å². The molecule has 0 spiro atoms. The standard InChI is InChI=1S/C16H14BrFN2OS/c1-9-3-5-12(10(2)7-9)15(21)20-16(22)19-14-6-4-11(17)8-13(14)18/h3-8H,1-2H3,(H2,19,20,21,22). The Kier molecular flexibility index (Phi) is 5.26. The van der Waals surface area contributed by atoms with Gasteiger partial charge in [-0.15, -0.1) is 0 Å². The van der Waals surface area contributed by atoms with Crippen LogP contribution < -0.4 is 10.6 Å². The molecule has 0 radical (unpaired) electrons. The van der Waals surface area contributed by atoms with E-state index in [4.69, 9.17) is 12.2 Å². The van der Waals surface area contributed by atoms with E-state index in [2.05, 4.69) is 26.6 Å². The molecule has 2 N–H and O–H groups in total. The maximum atomic E-state index is 13.7. The van der Waals surface area contributed by atoms with Crippen molar-refractivity contribution in [3.05, 3.63) is 63.4 Å². The van der Waals surface area contributed by atoms with Crippen LogP contribution in [0.5, 0.6) is 0 Å². The molecule has 0 bridgehead atoms. The topological polar surface area (TPSA) is 41.1 Å². The van der Waals surface area contributed by atoms with Gasteiger partial charge in [-0.2, -0.15) is 0 Å². The third kappa shape index (κ3) is 4.11. The second kappa shape index (κ2) is 6.98. The van der Waals surface area contributed by atoms with E-state index >= 15 is 0 Å². The zero-order chi connectivity index (χ0) is 16.3. The molecule has 22 heavy (non-hydrogen) atoms. The lowest BCUT2D eigenvalue weighted by Gasteiger charge is -2.12. The van der Waals surface area contributed by atoms with Crippen LogP contribution in [0, 0.1) is 19.7 Å². The van der Waals surface area contributed by atoms with Crippen LogP contribution in [0.4, 0.5) is 10.1 Å². The number of carbonyl (C=O) groups is 1. The summed E-state index contributed by atoms with van der Waals surface area (Å²) in [6.45, 7) is 3.81. The molecule has 114 valence electrons. The molecule has 0 aliphatic heterocycles. The van der Waals surface area contributed by atoms with Gasteiger partial charge in [-0.3, -0.25) is 10.1 Å². The van der Waals surface area contributed by atoms with Crippen LogP contribution in [-0.4, -0.2) is 11.0 Å². The van der Waals surface area contributed by atoms with Crippen LogP contribution in [0.15, 0.2) is 40.9 Å². The first-order chi connectivity index (χ1) is 10.4. The van der Waals surface area contributed by atoms with Gasteiger partial charge in [-0.25, -0.2) is 4.39 Å². The molecule has 2 rings (SSSR count). The molecule has 2 aromatic carbocycles. The fourth-order valence-corrected chi connectivity index (χ4v) is 2.52. The smallest absolute Gasteiger partial charge is 0.257 e. The maximum absolute atomic E-state index is 13.7. The summed E-state index contributed by atoms with van der Waals surface area (Å²) in [7, 11) is 0. The van der Waals surface area contributed by atoms with Gasteiger partial charge in [0, 0.05) is 10.0 Å². The Morgan fingerprint density at radius 1 is 1.18 bits per heavy atom. The van der Waals surface area contributed by atoms with Gasteiger partial charge >= 0.3 is 0 Å². The van der Waals surface area contributed by atoms with Crippen molar-refractivity contribution < 1.29 is 9.18 Å². The Morgan fingerprint density at radius 3 is 2.55 bits per heavy atom. The van der Waals surface area contributed by atoms with Crippen molar-refractivity contribution in [1.29, 1.82) is 0 Å². The van der Waals surface area contributed by atoms with Gasteiger partial charge in [0.1, 0.15) is 5.82 Å². The minimum absolute atomic E-state index is 0.0474. The van der Waals surface area contributed by atoms with Crippen LogP contribution in [-0.2, 0) is 0 Å². The summed E-state index contributed by atoms with van der Waals surface area (Å²) in [4.78, 5) is 12.2. The monoisotopic (exact) mass is 380 g/mol. The normalized spacial score (nSPS) is 10.2. The van der Waals surface area contributed by atoms with E-state index in [1.165, 1.54) is 12.1 Å². The van der Waals surface area contributed by atoms with Crippen LogP contribution in [0.3, 0.4) is 0 Å². The molecule has 0 heterocycles. The summed E-state index contributed by atoms with van der Waals surface area (Å²) in [6.07, 6.45) is 0. The quantitative estimate of drug-likeness (QED) is 0.761. The van der Waals surface area contributed by atoms with E-state index in [1.54, 1.807) is 12.1 Å². The molecule has 0 saturated carbocycles. The molecule has 0 atom stereocenters. The first-order valence-electron chi connectivity index (χ1n) is 6.51. The number of halogens is 2. The molecule has 0 unspecified atom stereocenters. The molecule has 0 saturated heterocycles. The van der Waals surface area contributed by atoms with Crippen molar-refractivity contribution in [2.45, 2.75) is 13.8 Å². The average Bonchev–Trinajstić information content (AvgIpc) is 2.41. The third-order valence-electron chi connectivity index (χ3n) is 3.03. The summed E-state index contributed by atoms with van der Waals surface area (Å²) >= 11 is 8.23. The molecule has 0 aromatic heterocycles. The fraction of sp³-hybridized carbons (Fsp3) is 0.125. The highest BCUT2D eigenvalue weighted by molar-refractivity contribution is 9.10. The highest BCUT2D eigenvalue weighted by Crippen LogP contribution is 2.19. The summed E-state index contributed by atoms with van der Waals surface area (Å²) in [5, 5.41) is 5.27. The Bertz CT molecular complexity index is 749. The highest BCUT2D eigenvalue weighted by atomic mass is 79.9. The molecule has 1 amide bonds. The summed E-state index contributed by atoms with van der Waals surface area (Å²) in [5.41, 5.74) is 2.67. The second-order valence-corrected chi connectivity index (χ2v) is 6.17. The van der Waals surface area contributed by atoms with Gasteiger partial charge in [0.25, 0.3) is 5.91 Å². The van der Waals surface area contributed by atoms with Crippen molar-refractivity contribution in [2.75, 3.05) is 5.32 Å². The lowest BCUT2D eigenvalue weighted by molar-refractivity contribution is 0.0977. The molecule has 0 fully saturated rings. The van der Waals surface area contributed by atoms with Crippen molar-refractivity contribution in [3.63, 3.8) is 0 Å². The number of aryl methyl sites for hydroxylation is 2. The first-order valence-corrected chi connectivity index (χ1v) is 7.71. The lowest BCUT2D eigenvalue weighted by Crippen LogP contribution is -2.34. The number of nitrogens with one attached hydrogen (secondary N) is 2. The lowest BCUT2D eigenvalue weighted by atomic mass is 10.1. The molecule has 0 aliphatic rings. The maximum Gasteiger partial charge on any atom is 0.257 e.